The van der Waals surface area contributed by atoms with Crippen LogP contribution in [0.3, 0.4) is 0 Å². The van der Waals surface area contributed by atoms with Gasteiger partial charge in [0.05, 0.1) is 0 Å². The van der Waals surface area contributed by atoms with Crippen LogP contribution >= 0.6 is 0 Å². The Labute approximate surface area is 138 Å². The van der Waals surface area contributed by atoms with E-state index in [1.807, 2.05) is 49.4 Å². The Bertz CT molecular complexity index is 636. The van der Waals surface area contributed by atoms with Crippen LogP contribution in [0.25, 0.3) is 0 Å². The number of rotatable bonds is 6. The van der Waals surface area contributed by atoms with Gasteiger partial charge in [-0.3, -0.25) is 0 Å². The molecule has 0 unspecified atom stereocenters. The summed E-state index contributed by atoms with van der Waals surface area (Å²) in [5.41, 5.74) is 4.16. The summed E-state index contributed by atoms with van der Waals surface area (Å²) in [6.07, 6.45) is 0. The first-order chi connectivity index (χ1) is 11.1. The van der Waals surface area contributed by atoms with E-state index in [2.05, 4.69) is 35.4 Å². The largest absolute Gasteiger partial charge is 0.372 e. The number of hydrogen-bond acceptors (Lipinski definition) is 2. The van der Waals surface area contributed by atoms with Gasteiger partial charge in [-0.25, -0.2) is 4.79 Å². The topological polar surface area (TPSA) is 44.4 Å². The van der Waals surface area contributed by atoms with Crippen LogP contribution in [-0.4, -0.2) is 19.1 Å². The molecule has 0 saturated heterocycles. The van der Waals surface area contributed by atoms with Gasteiger partial charge in [0.2, 0.25) is 0 Å². The lowest BCUT2D eigenvalue weighted by Crippen LogP contribution is -2.28. The minimum absolute atomic E-state index is 0.187. The third-order valence-corrected chi connectivity index (χ3v) is 3.88. The highest BCUT2D eigenvalue weighted by Gasteiger charge is 2.07. The van der Waals surface area contributed by atoms with Crippen LogP contribution < -0.4 is 15.5 Å². The number of nitrogens with zero attached hydrogens (tertiary/aromatic N) is 1. The number of urea groups is 1. The van der Waals surface area contributed by atoms with E-state index in [4.69, 9.17) is 0 Å². The van der Waals surface area contributed by atoms with E-state index in [1.165, 1.54) is 5.69 Å². The van der Waals surface area contributed by atoms with Gasteiger partial charge in [0.15, 0.2) is 0 Å². The Hall–Kier alpha value is -2.49. The first-order valence-corrected chi connectivity index (χ1v) is 8.08. The molecule has 4 nitrogen and oxygen atoms in total. The van der Waals surface area contributed by atoms with Gasteiger partial charge in [-0.2, -0.15) is 0 Å². The molecule has 0 radical (unpaired) electrons. The van der Waals surface area contributed by atoms with Crippen LogP contribution in [0.2, 0.25) is 0 Å². The molecule has 2 rings (SSSR count). The number of benzene rings is 2. The minimum atomic E-state index is -0.187. The molecule has 0 spiro atoms. The Morgan fingerprint density at radius 2 is 1.74 bits per heavy atom. The normalized spacial score (nSPS) is 10.2. The number of nitrogens with one attached hydrogen (secondary N) is 2. The Kier molecular flexibility index (Phi) is 6.03. The fourth-order valence-corrected chi connectivity index (χ4v) is 2.52. The number of carbonyl (C=O) groups is 1. The van der Waals surface area contributed by atoms with Crippen molar-refractivity contribution in [3.63, 3.8) is 0 Å². The van der Waals surface area contributed by atoms with Crippen molar-refractivity contribution in [2.75, 3.05) is 23.3 Å². The summed E-state index contributed by atoms with van der Waals surface area (Å²) in [5.74, 6) is 0. The van der Waals surface area contributed by atoms with Crippen LogP contribution in [0, 0.1) is 6.92 Å². The smallest absolute Gasteiger partial charge is 0.319 e. The molecule has 4 heteroatoms. The Balaban J connectivity index is 1.95. The second-order valence-corrected chi connectivity index (χ2v) is 5.46. The molecule has 0 aromatic heterocycles. The number of hydrogen-bond donors (Lipinski definition) is 2. The molecular formula is C19H25N3O. The lowest BCUT2D eigenvalue weighted by molar-refractivity contribution is 0.251. The highest BCUT2D eigenvalue weighted by molar-refractivity contribution is 5.90. The quantitative estimate of drug-likeness (QED) is 0.841. The summed E-state index contributed by atoms with van der Waals surface area (Å²) >= 11 is 0. The molecule has 2 amide bonds. The third kappa shape index (κ3) is 4.74. The summed E-state index contributed by atoms with van der Waals surface area (Å²) in [6.45, 7) is 8.76. The van der Waals surface area contributed by atoms with Crippen molar-refractivity contribution in [1.82, 2.24) is 5.32 Å². The van der Waals surface area contributed by atoms with Crippen LogP contribution in [0.4, 0.5) is 16.2 Å². The molecule has 0 atom stereocenters. The summed E-state index contributed by atoms with van der Waals surface area (Å²) < 4.78 is 0. The lowest BCUT2D eigenvalue weighted by Gasteiger charge is -2.22. The average Bonchev–Trinajstić information content (AvgIpc) is 2.57. The molecular weight excluding hydrogens is 286 g/mol. The molecule has 23 heavy (non-hydrogen) atoms. The van der Waals surface area contributed by atoms with Crippen molar-refractivity contribution < 1.29 is 4.79 Å². The van der Waals surface area contributed by atoms with Crippen molar-refractivity contribution >= 4 is 17.4 Å². The van der Waals surface area contributed by atoms with Crippen molar-refractivity contribution in [2.24, 2.45) is 0 Å². The van der Waals surface area contributed by atoms with Crippen LogP contribution in [0.5, 0.6) is 0 Å². The van der Waals surface area contributed by atoms with E-state index >= 15 is 0 Å². The maximum absolute atomic E-state index is 12.0. The maximum Gasteiger partial charge on any atom is 0.319 e. The van der Waals surface area contributed by atoms with E-state index in [1.54, 1.807) is 0 Å². The number of aryl methyl sites for hydroxylation is 1. The van der Waals surface area contributed by atoms with E-state index < -0.39 is 0 Å². The number of amides is 2. The fraction of sp³-hybridized carbons (Fsp3) is 0.316. The van der Waals surface area contributed by atoms with Crippen molar-refractivity contribution in [3.05, 3.63) is 59.7 Å². The van der Waals surface area contributed by atoms with Crippen molar-refractivity contribution in [3.8, 4) is 0 Å². The number of carbonyl (C=O) groups excluding carboxylic acids is 1. The van der Waals surface area contributed by atoms with Crippen LogP contribution in [0.15, 0.2) is 48.5 Å². The van der Waals surface area contributed by atoms with E-state index in [0.29, 0.717) is 6.54 Å². The Morgan fingerprint density at radius 3 is 2.35 bits per heavy atom. The molecule has 122 valence electrons. The zero-order valence-electron chi connectivity index (χ0n) is 14.1. The monoisotopic (exact) mass is 311 g/mol. The van der Waals surface area contributed by atoms with Gasteiger partial charge in [-0.05, 0) is 50.1 Å². The molecule has 0 bridgehead atoms. The van der Waals surface area contributed by atoms with Gasteiger partial charge in [-0.15, -0.1) is 0 Å². The molecule has 0 aliphatic carbocycles. The average molecular weight is 311 g/mol. The lowest BCUT2D eigenvalue weighted by atomic mass is 10.1. The zero-order chi connectivity index (χ0) is 16.7. The van der Waals surface area contributed by atoms with Gasteiger partial charge in [0.1, 0.15) is 0 Å². The standard InChI is InChI=1S/C19H25N3O/c1-4-22(5-2)17-11-12-18(15(3)13-17)21-19(23)20-14-16-9-7-6-8-10-16/h6-13H,4-5,14H2,1-3H3,(H2,20,21,23). The van der Waals surface area contributed by atoms with Gasteiger partial charge >= 0.3 is 6.03 Å². The molecule has 0 saturated carbocycles. The SMILES string of the molecule is CCN(CC)c1ccc(NC(=O)NCc2ccccc2)c(C)c1. The van der Waals surface area contributed by atoms with Crippen molar-refractivity contribution in [2.45, 2.75) is 27.3 Å². The van der Waals surface area contributed by atoms with Crippen molar-refractivity contribution in [1.29, 1.82) is 0 Å². The fourth-order valence-electron chi connectivity index (χ4n) is 2.52. The highest BCUT2D eigenvalue weighted by atomic mass is 16.2. The summed E-state index contributed by atoms with van der Waals surface area (Å²) in [6, 6.07) is 15.8. The van der Waals surface area contributed by atoms with E-state index in [-0.39, 0.29) is 6.03 Å². The maximum atomic E-state index is 12.0. The summed E-state index contributed by atoms with van der Waals surface area (Å²) in [5, 5.41) is 5.79. The second-order valence-electron chi connectivity index (χ2n) is 5.46. The minimum Gasteiger partial charge on any atom is -0.372 e. The molecule has 0 fully saturated rings. The zero-order valence-corrected chi connectivity index (χ0v) is 14.1. The molecule has 2 aromatic carbocycles. The van der Waals surface area contributed by atoms with Crippen LogP contribution in [-0.2, 0) is 6.54 Å². The molecule has 0 heterocycles. The second kappa shape index (κ2) is 8.22. The molecule has 0 aliphatic heterocycles. The molecule has 2 N–H and O–H groups in total. The van der Waals surface area contributed by atoms with E-state index in [0.717, 1.165) is 29.9 Å². The molecule has 2 aromatic rings. The highest BCUT2D eigenvalue weighted by Crippen LogP contribution is 2.22. The van der Waals surface area contributed by atoms with Gasteiger partial charge in [0.25, 0.3) is 0 Å². The summed E-state index contributed by atoms with van der Waals surface area (Å²) in [7, 11) is 0. The third-order valence-electron chi connectivity index (χ3n) is 3.88. The van der Waals surface area contributed by atoms with Gasteiger partial charge < -0.3 is 15.5 Å². The van der Waals surface area contributed by atoms with Gasteiger partial charge in [0, 0.05) is 31.0 Å². The first-order valence-electron chi connectivity index (χ1n) is 8.08. The van der Waals surface area contributed by atoms with E-state index in [9.17, 15) is 4.79 Å². The van der Waals surface area contributed by atoms with Crippen LogP contribution in [0.1, 0.15) is 25.0 Å². The molecule has 0 aliphatic rings. The number of anilines is 2. The Morgan fingerprint density at radius 1 is 1.04 bits per heavy atom. The first kappa shape index (κ1) is 16.9. The van der Waals surface area contributed by atoms with Gasteiger partial charge in [-0.1, -0.05) is 30.3 Å². The summed E-state index contributed by atoms with van der Waals surface area (Å²) in [4.78, 5) is 14.3. The predicted molar refractivity (Wildman–Crippen MR) is 97.0 cm³/mol. The predicted octanol–water partition coefficient (Wildman–Crippen LogP) is 4.16.